The van der Waals surface area contributed by atoms with E-state index in [1.165, 1.54) is 17.8 Å². The van der Waals surface area contributed by atoms with Gasteiger partial charge in [-0.25, -0.2) is 26.8 Å². The Labute approximate surface area is 197 Å². The van der Waals surface area contributed by atoms with Crippen molar-refractivity contribution in [3.63, 3.8) is 0 Å². The van der Waals surface area contributed by atoms with Gasteiger partial charge in [0.1, 0.15) is 36.6 Å². The molecule has 1 N–H and O–H groups in total. The quantitative estimate of drug-likeness (QED) is 0.397. The molecule has 0 saturated carbocycles. The normalized spacial score (nSPS) is 19.2. The zero-order valence-electron chi connectivity index (χ0n) is 19.1. The Hall–Kier alpha value is -3.48. The lowest BCUT2D eigenvalue weighted by atomic mass is 10.0. The molecule has 1 saturated heterocycles. The van der Waals surface area contributed by atoms with Crippen LogP contribution in [0.1, 0.15) is 12.5 Å². The summed E-state index contributed by atoms with van der Waals surface area (Å²) in [6.45, 7) is -0.910. The maximum atomic E-state index is 15.2. The van der Waals surface area contributed by atoms with Crippen molar-refractivity contribution in [2.24, 2.45) is 0 Å². The number of nitrogens with one attached hydrogen (secondary N) is 1. The van der Waals surface area contributed by atoms with E-state index in [1.807, 2.05) is 11.9 Å². The van der Waals surface area contributed by atoms with Gasteiger partial charge in [0.05, 0.1) is 30.4 Å². The third-order valence-corrected chi connectivity index (χ3v) is 6.27. The number of hydrogen-bond acceptors (Lipinski definition) is 7. The molecule has 1 aliphatic rings. The molecule has 1 fully saturated rings. The monoisotopic (exact) mass is 492 g/mol. The van der Waals surface area contributed by atoms with Crippen LogP contribution in [0.2, 0.25) is 0 Å². The summed E-state index contributed by atoms with van der Waals surface area (Å²) in [7, 11) is 3.25. The molecule has 1 aromatic carbocycles. The first-order chi connectivity index (χ1) is 16.9. The Kier molecular flexibility index (Phi) is 6.17. The van der Waals surface area contributed by atoms with Crippen LogP contribution in [-0.4, -0.2) is 87.3 Å². The van der Waals surface area contributed by atoms with E-state index in [4.69, 9.17) is 4.74 Å². The van der Waals surface area contributed by atoms with Crippen molar-refractivity contribution >= 4 is 22.5 Å². The highest BCUT2D eigenvalue weighted by atomic mass is 19.1. The van der Waals surface area contributed by atoms with Crippen molar-refractivity contribution < 1.29 is 22.3 Å². The number of hydrogen-bond donors (Lipinski definition) is 1. The van der Waals surface area contributed by atoms with Crippen LogP contribution in [0.5, 0.6) is 5.88 Å². The highest BCUT2D eigenvalue weighted by Crippen LogP contribution is 2.35. The van der Waals surface area contributed by atoms with Gasteiger partial charge in [0, 0.05) is 13.1 Å². The van der Waals surface area contributed by atoms with Crippen LogP contribution in [0.15, 0.2) is 24.4 Å². The van der Waals surface area contributed by atoms with Crippen molar-refractivity contribution in [2.45, 2.75) is 24.7 Å². The summed E-state index contributed by atoms with van der Waals surface area (Å²) in [5, 5.41) is 15.1. The number of benzene rings is 1. The predicted octanol–water partition coefficient (Wildman–Crippen LogP) is 3.22. The second-order valence-electron chi connectivity index (χ2n) is 8.61. The van der Waals surface area contributed by atoms with Gasteiger partial charge >= 0.3 is 0 Å². The Morgan fingerprint density at radius 1 is 1.26 bits per heavy atom. The van der Waals surface area contributed by atoms with Crippen LogP contribution in [0, 0.1) is 5.82 Å². The second-order valence-corrected chi connectivity index (χ2v) is 8.61. The Morgan fingerprint density at radius 3 is 2.77 bits per heavy atom. The van der Waals surface area contributed by atoms with Crippen molar-refractivity contribution in [2.75, 3.05) is 45.9 Å². The van der Waals surface area contributed by atoms with Crippen LogP contribution < -0.4 is 10.1 Å². The fraction of sp³-hybridized carbons (Fsp3) is 0.455. The second kappa shape index (κ2) is 9.29. The molecule has 9 nitrogen and oxygen atoms in total. The highest BCUT2D eigenvalue weighted by Gasteiger charge is 2.29. The Morgan fingerprint density at radius 2 is 2.06 bits per heavy atom. The first-order valence-electron chi connectivity index (χ1n) is 11.1. The van der Waals surface area contributed by atoms with Crippen molar-refractivity contribution in [1.82, 2.24) is 34.5 Å². The minimum atomic E-state index is -1.13. The largest absolute Gasteiger partial charge is 0.479 e. The number of piperidine rings is 1. The number of fused-ring (bicyclic) bond motifs is 2. The highest BCUT2D eigenvalue weighted by molar-refractivity contribution is 5.89. The van der Waals surface area contributed by atoms with Gasteiger partial charge in [-0.3, -0.25) is 0 Å². The number of aromatic nitrogens is 6. The molecule has 3 aromatic heterocycles. The van der Waals surface area contributed by atoms with Gasteiger partial charge in [-0.15, -0.1) is 10.2 Å². The molecule has 4 heterocycles. The number of anilines is 1. The fourth-order valence-corrected chi connectivity index (χ4v) is 4.42. The lowest BCUT2D eigenvalue weighted by Crippen LogP contribution is -2.46. The van der Waals surface area contributed by atoms with E-state index in [2.05, 4.69) is 25.7 Å². The van der Waals surface area contributed by atoms with Crippen molar-refractivity contribution in [3.8, 4) is 17.0 Å². The van der Waals surface area contributed by atoms with E-state index in [9.17, 15) is 13.2 Å². The molecule has 13 heteroatoms. The standard InChI is InChI=1S/C22H24F4N8O/c1-32-6-5-16(14(25)10-32)27-22-28-21(35-2)20-19(15(26)11-33(20)30-22)12-3-4-17-18(7-12)34(31-29-17)13(8-23)9-24/h3-4,7,11,13-14,16H,5-6,8-10H2,1-2H3,(H,27,30)/t14-,16+/m0/s1. The molecule has 1 aliphatic heterocycles. The summed E-state index contributed by atoms with van der Waals surface area (Å²) < 4.78 is 64.2. The van der Waals surface area contributed by atoms with Gasteiger partial charge in [-0.05, 0) is 31.2 Å². The maximum Gasteiger partial charge on any atom is 0.244 e. The maximum absolute atomic E-state index is 15.2. The van der Waals surface area contributed by atoms with Crippen LogP contribution in [0.3, 0.4) is 0 Å². The number of rotatable bonds is 7. The Balaban J connectivity index is 1.57. The molecule has 5 rings (SSSR count). The van der Waals surface area contributed by atoms with Crippen LogP contribution >= 0.6 is 0 Å². The summed E-state index contributed by atoms with van der Waals surface area (Å²) in [6, 6.07) is 3.16. The lowest BCUT2D eigenvalue weighted by Gasteiger charge is -2.32. The molecule has 0 bridgehead atoms. The average molecular weight is 492 g/mol. The minimum absolute atomic E-state index is 0.0851. The van der Waals surface area contributed by atoms with Crippen LogP contribution in [0.25, 0.3) is 27.7 Å². The first-order valence-corrected chi connectivity index (χ1v) is 11.1. The molecule has 0 spiro atoms. The molecule has 186 valence electrons. The van der Waals surface area contributed by atoms with E-state index in [0.717, 1.165) is 11.2 Å². The van der Waals surface area contributed by atoms with Crippen LogP contribution in [0.4, 0.5) is 23.5 Å². The van der Waals surface area contributed by atoms with E-state index >= 15 is 4.39 Å². The minimum Gasteiger partial charge on any atom is -0.479 e. The molecular formula is C22H24F4N8O. The molecular weight excluding hydrogens is 468 g/mol. The zero-order valence-corrected chi connectivity index (χ0v) is 19.1. The van der Waals surface area contributed by atoms with Gasteiger partial charge in [-0.1, -0.05) is 11.3 Å². The van der Waals surface area contributed by atoms with Gasteiger partial charge in [0.15, 0.2) is 5.82 Å². The number of halogens is 4. The summed E-state index contributed by atoms with van der Waals surface area (Å²) in [5.74, 6) is -0.412. The van der Waals surface area contributed by atoms with E-state index < -0.39 is 37.4 Å². The number of nitrogens with zero attached hydrogens (tertiary/aromatic N) is 7. The zero-order chi connectivity index (χ0) is 24.7. The van der Waals surface area contributed by atoms with Gasteiger partial charge in [0.2, 0.25) is 11.8 Å². The summed E-state index contributed by atoms with van der Waals surface area (Å²) in [6.07, 6.45) is 0.624. The first kappa shape index (κ1) is 23.3. The van der Waals surface area contributed by atoms with Gasteiger partial charge in [0.25, 0.3) is 0 Å². The van der Waals surface area contributed by atoms with Crippen molar-refractivity contribution in [1.29, 1.82) is 0 Å². The number of ether oxygens (including phenoxy) is 1. The van der Waals surface area contributed by atoms with E-state index in [1.54, 1.807) is 18.2 Å². The van der Waals surface area contributed by atoms with Crippen molar-refractivity contribution in [3.05, 3.63) is 30.2 Å². The third-order valence-electron chi connectivity index (χ3n) is 6.27. The topological polar surface area (TPSA) is 85.4 Å². The van der Waals surface area contributed by atoms with Gasteiger partial charge < -0.3 is 15.0 Å². The molecule has 4 aromatic rings. The number of alkyl halides is 3. The molecule has 2 atom stereocenters. The van der Waals surface area contributed by atoms with Gasteiger partial charge in [-0.2, -0.15) is 4.98 Å². The molecule has 0 aliphatic carbocycles. The molecule has 0 unspecified atom stereocenters. The van der Waals surface area contributed by atoms with E-state index in [-0.39, 0.29) is 22.9 Å². The third kappa shape index (κ3) is 4.13. The summed E-state index contributed by atoms with van der Waals surface area (Å²) in [5.41, 5.74) is 1.57. The summed E-state index contributed by atoms with van der Waals surface area (Å²) in [4.78, 5) is 6.26. The van der Waals surface area contributed by atoms with Crippen LogP contribution in [-0.2, 0) is 0 Å². The average Bonchev–Trinajstić information content (AvgIpc) is 3.41. The lowest BCUT2D eigenvalue weighted by molar-refractivity contribution is 0.149. The molecule has 0 radical (unpaired) electrons. The number of likely N-dealkylation sites (tertiary alicyclic amines) is 1. The summed E-state index contributed by atoms with van der Waals surface area (Å²) >= 11 is 0. The number of methoxy groups -OCH3 is 1. The van der Waals surface area contributed by atoms with E-state index in [0.29, 0.717) is 29.6 Å². The predicted molar refractivity (Wildman–Crippen MR) is 121 cm³/mol. The SMILES string of the molecule is COc1nc(N[C@@H]2CCN(C)C[C@@H]2F)nn2cc(F)c(-c3ccc4nnn(C(CF)CF)c4c3)c12. The fourth-order valence-electron chi connectivity index (χ4n) is 4.42. The molecule has 0 amide bonds. The smallest absolute Gasteiger partial charge is 0.244 e. The Bertz CT molecular complexity index is 1350. The molecule has 35 heavy (non-hydrogen) atoms.